The predicted molar refractivity (Wildman–Crippen MR) is 86.8 cm³/mol. The molecule has 2 aromatic rings. The molecule has 0 aliphatic rings. The second-order valence-electron chi connectivity index (χ2n) is 4.72. The van der Waals surface area contributed by atoms with Crippen molar-refractivity contribution in [2.45, 2.75) is 20.3 Å². The third-order valence-corrected chi connectivity index (χ3v) is 4.04. The van der Waals surface area contributed by atoms with Crippen LogP contribution in [0.4, 0.5) is 5.69 Å². The first-order chi connectivity index (χ1) is 10.1. The van der Waals surface area contributed by atoms with Gasteiger partial charge in [-0.1, -0.05) is 29.5 Å². The molecule has 0 unspecified atom stereocenters. The highest BCUT2D eigenvalue weighted by Gasteiger charge is 2.11. The molecule has 1 amide bonds. The number of carbonyl (C=O) groups excluding carboxylic acids is 1. The van der Waals surface area contributed by atoms with Gasteiger partial charge in [-0.3, -0.25) is 4.79 Å². The number of nitrogens with one attached hydrogen (secondary N) is 1. The zero-order valence-electron chi connectivity index (χ0n) is 12.1. The van der Waals surface area contributed by atoms with Gasteiger partial charge in [0.05, 0.1) is 16.4 Å². The molecule has 0 radical (unpaired) electrons. The molecule has 1 heterocycles. The number of rotatable bonds is 3. The van der Waals surface area contributed by atoms with Gasteiger partial charge in [-0.15, -0.1) is 11.3 Å². The number of benzene rings is 1. The van der Waals surface area contributed by atoms with Crippen molar-refractivity contribution in [3.8, 4) is 11.8 Å². The van der Waals surface area contributed by atoms with E-state index in [9.17, 15) is 4.79 Å². The largest absolute Gasteiger partial charge is 0.395 e. The van der Waals surface area contributed by atoms with E-state index in [2.05, 4.69) is 17.2 Å². The van der Waals surface area contributed by atoms with Crippen LogP contribution < -0.4 is 5.32 Å². The van der Waals surface area contributed by atoms with Gasteiger partial charge in [0.1, 0.15) is 0 Å². The minimum absolute atomic E-state index is 0.0538. The van der Waals surface area contributed by atoms with E-state index >= 15 is 0 Å². The Kier molecular flexibility index (Phi) is 5.15. The second-order valence-corrected chi connectivity index (χ2v) is 5.77. The Bertz CT molecular complexity index is 690. The predicted octanol–water partition coefficient (Wildman–Crippen LogP) is 3.35. The number of hydrogen-bond donors (Lipinski definition) is 2. The van der Waals surface area contributed by atoms with E-state index in [0.717, 1.165) is 21.7 Å². The summed E-state index contributed by atoms with van der Waals surface area (Å²) in [7, 11) is 0. The summed E-state index contributed by atoms with van der Waals surface area (Å²) in [5, 5.41) is 11.6. The fraction of sp³-hybridized carbons (Fsp3) is 0.235. The van der Waals surface area contributed by atoms with Crippen LogP contribution in [-0.4, -0.2) is 17.6 Å². The number of hydrogen-bond acceptors (Lipinski definition) is 3. The Labute approximate surface area is 128 Å². The average Bonchev–Trinajstić information content (AvgIpc) is 2.83. The van der Waals surface area contributed by atoms with Gasteiger partial charge in [0, 0.05) is 12.1 Å². The number of aryl methyl sites for hydroxylation is 2. The Balaban J connectivity index is 2.11. The molecular weight excluding hydrogens is 282 g/mol. The lowest BCUT2D eigenvalue weighted by Crippen LogP contribution is -2.09. The van der Waals surface area contributed by atoms with Crippen LogP contribution in [0.5, 0.6) is 0 Å². The molecule has 108 valence electrons. The van der Waals surface area contributed by atoms with E-state index in [-0.39, 0.29) is 12.5 Å². The lowest BCUT2D eigenvalue weighted by Gasteiger charge is -2.03. The standard InChI is InChI=1S/C17H17NO2S/c1-12-6-8-14(9-7-12)18-17(20)16-11-13(2)15(21-16)5-3-4-10-19/h6-9,11,19H,4,10H2,1-2H3,(H,18,20). The Hall–Kier alpha value is -2.09. The molecular formula is C17H17NO2S. The molecule has 4 heteroatoms. The van der Waals surface area contributed by atoms with E-state index in [1.165, 1.54) is 11.3 Å². The molecule has 0 spiro atoms. The van der Waals surface area contributed by atoms with Crippen molar-refractivity contribution in [3.63, 3.8) is 0 Å². The van der Waals surface area contributed by atoms with E-state index in [0.29, 0.717) is 11.3 Å². The van der Waals surface area contributed by atoms with Gasteiger partial charge in [0.2, 0.25) is 0 Å². The quantitative estimate of drug-likeness (QED) is 0.854. The molecule has 0 aliphatic carbocycles. The summed E-state index contributed by atoms with van der Waals surface area (Å²) in [5.41, 5.74) is 2.92. The first-order valence-corrected chi connectivity index (χ1v) is 7.50. The molecule has 0 saturated carbocycles. The van der Waals surface area contributed by atoms with Crippen molar-refractivity contribution >= 4 is 22.9 Å². The number of thiophene rings is 1. The molecule has 1 aromatic carbocycles. The molecule has 0 saturated heterocycles. The molecule has 0 aliphatic heterocycles. The van der Waals surface area contributed by atoms with Crippen LogP contribution >= 0.6 is 11.3 Å². The Morgan fingerprint density at radius 2 is 2.00 bits per heavy atom. The Morgan fingerprint density at radius 3 is 2.67 bits per heavy atom. The van der Waals surface area contributed by atoms with Crippen molar-refractivity contribution in [1.29, 1.82) is 0 Å². The number of aliphatic hydroxyl groups excluding tert-OH is 1. The van der Waals surface area contributed by atoms with Gasteiger partial charge in [-0.2, -0.15) is 0 Å². The molecule has 0 fully saturated rings. The molecule has 1 aromatic heterocycles. The molecule has 0 atom stereocenters. The minimum Gasteiger partial charge on any atom is -0.395 e. The van der Waals surface area contributed by atoms with Crippen molar-refractivity contribution in [3.05, 3.63) is 51.2 Å². The zero-order valence-corrected chi connectivity index (χ0v) is 12.9. The van der Waals surface area contributed by atoms with Gasteiger partial charge in [-0.25, -0.2) is 0 Å². The maximum Gasteiger partial charge on any atom is 0.265 e. The topological polar surface area (TPSA) is 49.3 Å². The van der Waals surface area contributed by atoms with Crippen LogP contribution in [0.25, 0.3) is 0 Å². The maximum atomic E-state index is 12.2. The third kappa shape index (κ3) is 4.19. The number of anilines is 1. The summed E-state index contributed by atoms with van der Waals surface area (Å²) in [6, 6.07) is 9.53. The average molecular weight is 299 g/mol. The molecule has 3 nitrogen and oxygen atoms in total. The zero-order chi connectivity index (χ0) is 15.2. The monoisotopic (exact) mass is 299 g/mol. The fourth-order valence-corrected chi connectivity index (χ4v) is 2.69. The first-order valence-electron chi connectivity index (χ1n) is 6.68. The summed E-state index contributed by atoms with van der Waals surface area (Å²) in [5.74, 6) is 5.75. The maximum absolute atomic E-state index is 12.2. The highest BCUT2D eigenvalue weighted by atomic mass is 32.1. The van der Waals surface area contributed by atoms with Crippen LogP contribution in [0.2, 0.25) is 0 Å². The van der Waals surface area contributed by atoms with Crippen LogP contribution in [0, 0.1) is 25.7 Å². The van der Waals surface area contributed by atoms with Gasteiger partial charge < -0.3 is 10.4 Å². The minimum atomic E-state index is -0.123. The van der Waals surface area contributed by atoms with E-state index in [1.807, 2.05) is 44.2 Å². The molecule has 0 bridgehead atoms. The van der Waals surface area contributed by atoms with E-state index in [4.69, 9.17) is 5.11 Å². The normalized spacial score (nSPS) is 9.86. The van der Waals surface area contributed by atoms with Gasteiger partial charge >= 0.3 is 0 Å². The number of amides is 1. The lowest BCUT2D eigenvalue weighted by molar-refractivity contribution is 0.103. The second kappa shape index (κ2) is 7.07. The van der Waals surface area contributed by atoms with Crippen LogP contribution in [0.3, 0.4) is 0 Å². The Morgan fingerprint density at radius 1 is 1.29 bits per heavy atom. The highest BCUT2D eigenvalue weighted by Crippen LogP contribution is 2.22. The van der Waals surface area contributed by atoms with Crippen LogP contribution in [0.15, 0.2) is 30.3 Å². The van der Waals surface area contributed by atoms with Crippen LogP contribution in [-0.2, 0) is 0 Å². The molecule has 2 rings (SSSR count). The fourth-order valence-electron chi connectivity index (χ4n) is 1.75. The third-order valence-electron chi connectivity index (χ3n) is 2.89. The van der Waals surface area contributed by atoms with Crippen molar-refractivity contribution in [2.24, 2.45) is 0 Å². The number of carbonyl (C=O) groups is 1. The summed E-state index contributed by atoms with van der Waals surface area (Å²) < 4.78 is 0. The summed E-state index contributed by atoms with van der Waals surface area (Å²) in [6.07, 6.45) is 0.447. The molecule has 2 N–H and O–H groups in total. The van der Waals surface area contributed by atoms with Crippen molar-refractivity contribution < 1.29 is 9.90 Å². The lowest BCUT2D eigenvalue weighted by atomic mass is 10.2. The van der Waals surface area contributed by atoms with Crippen LogP contribution in [0.1, 0.15) is 32.1 Å². The first kappa shape index (κ1) is 15.3. The van der Waals surface area contributed by atoms with Gasteiger partial charge in [0.25, 0.3) is 5.91 Å². The van der Waals surface area contributed by atoms with Crippen molar-refractivity contribution in [2.75, 3.05) is 11.9 Å². The van der Waals surface area contributed by atoms with E-state index in [1.54, 1.807) is 0 Å². The summed E-state index contributed by atoms with van der Waals surface area (Å²) >= 11 is 1.37. The summed E-state index contributed by atoms with van der Waals surface area (Å²) in [4.78, 5) is 13.7. The van der Waals surface area contributed by atoms with Gasteiger partial charge in [-0.05, 0) is 37.6 Å². The SMILES string of the molecule is Cc1ccc(NC(=O)c2cc(C)c(C#CCCO)s2)cc1. The summed E-state index contributed by atoms with van der Waals surface area (Å²) in [6.45, 7) is 3.99. The van der Waals surface area contributed by atoms with Crippen molar-refractivity contribution in [1.82, 2.24) is 0 Å². The highest BCUT2D eigenvalue weighted by molar-refractivity contribution is 7.14. The van der Waals surface area contributed by atoms with Gasteiger partial charge in [0.15, 0.2) is 0 Å². The van der Waals surface area contributed by atoms with E-state index < -0.39 is 0 Å². The smallest absolute Gasteiger partial charge is 0.265 e. The molecule has 21 heavy (non-hydrogen) atoms. The number of aliphatic hydroxyl groups is 1.